The third-order valence-electron chi connectivity index (χ3n) is 5.59. The van der Waals surface area contributed by atoms with Crippen molar-refractivity contribution in [2.24, 2.45) is 0 Å². The molecular formula is C19H20F2N5O6PS. The Labute approximate surface area is 196 Å². The van der Waals surface area contributed by atoms with Gasteiger partial charge >= 0.3 is 6.72 Å². The molecule has 182 valence electrons. The van der Waals surface area contributed by atoms with Crippen molar-refractivity contribution in [1.82, 2.24) is 19.5 Å². The van der Waals surface area contributed by atoms with Crippen molar-refractivity contribution in [1.29, 1.82) is 0 Å². The zero-order valence-corrected chi connectivity index (χ0v) is 19.1. The minimum atomic E-state index is -3.38. The number of hydrogen-bond acceptors (Lipinski definition) is 11. The number of nitrogens with zero attached hydrogens (tertiary/aromatic N) is 4. The van der Waals surface area contributed by atoms with Crippen LogP contribution in [-0.2, 0) is 30.1 Å². The number of imidazole rings is 1. The number of hydrogen-bond donors (Lipinski definition) is 3. The van der Waals surface area contributed by atoms with Crippen LogP contribution in [0, 0.1) is 11.6 Å². The summed E-state index contributed by atoms with van der Waals surface area (Å²) in [5.74, 6) is -1.08. The summed E-state index contributed by atoms with van der Waals surface area (Å²) in [6.45, 7) is -3.55. The molecule has 0 amide bonds. The molecule has 15 heteroatoms. The Hall–Kier alpha value is -2.16. The number of aromatic nitrogens is 4. The summed E-state index contributed by atoms with van der Waals surface area (Å²) in [4.78, 5) is 12.1. The van der Waals surface area contributed by atoms with Crippen molar-refractivity contribution in [3.05, 3.63) is 48.1 Å². The molecule has 0 bridgehead atoms. The van der Waals surface area contributed by atoms with Crippen LogP contribution in [0.3, 0.4) is 0 Å². The Balaban J connectivity index is 1.28. The summed E-state index contributed by atoms with van der Waals surface area (Å²) in [6.07, 6.45) is -2.72. The summed E-state index contributed by atoms with van der Waals surface area (Å²) in [7, 11) is 0. The van der Waals surface area contributed by atoms with Crippen LogP contribution in [0.4, 0.5) is 14.6 Å². The Kier molecular flexibility index (Phi) is 6.33. The summed E-state index contributed by atoms with van der Waals surface area (Å²) in [6, 6.07) is 3.06. The number of ether oxygens (including phenoxy) is 1. The highest BCUT2D eigenvalue weighted by Gasteiger charge is 2.45. The molecule has 2 aliphatic heterocycles. The third kappa shape index (κ3) is 4.32. The largest absolute Gasteiger partial charge is 0.387 e. The molecule has 11 nitrogen and oxygen atoms in total. The molecule has 4 heterocycles. The molecule has 0 radical (unpaired) electrons. The molecule has 0 saturated carbocycles. The molecule has 2 saturated heterocycles. The number of nitrogens with two attached hydrogens (primary N) is 1. The van der Waals surface area contributed by atoms with Gasteiger partial charge in [0, 0.05) is 12.0 Å². The SMILES string of the molecule is Nc1ncnc2c1ncn2[C@@H]1O[C@H](COP2(=S)OCCC(c3cc(F)ccc3F)O2)[C@@H](O)[C@H]1O. The Morgan fingerprint density at radius 3 is 2.88 bits per heavy atom. The summed E-state index contributed by atoms with van der Waals surface area (Å²) in [5, 5.41) is 21.1. The van der Waals surface area contributed by atoms with Gasteiger partial charge in [-0.25, -0.2) is 23.7 Å². The van der Waals surface area contributed by atoms with Gasteiger partial charge in [0.1, 0.15) is 41.8 Å². The van der Waals surface area contributed by atoms with Gasteiger partial charge < -0.3 is 34.3 Å². The normalized spacial score (nSPS) is 31.8. The van der Waals surface area contributed by atoms with Crippen molar-refractivity contribution in [3.63, 3.8) is 0 Å². The first kappa shape index (κ1) is 23.6. The molecular weight excluding hydrogens is 495 g/mol. The molecule has 5 rings (SSSR count). The zero-order chi connectivity index (χ0) is 24.0. The van der Waals surface area contributed by atoms with Gasteiger partial charge in [-0.2, -0.15) is 0 Å². The van der Waals surface area contributed by atoms with Gasteiger partial charge in [-0.1, -0.05) is 0 Å². The van der Waals surface area contributed by atoms with E-state index in [1.807, 2.05) is 0 Å². The molecule has 3 aromatic rings. The first-order valence-electron chi connectivity index (χ1n) is 10.2. The van der Waals surface area contributed by atoms with E-state index in [1.54, 1.807) is 0 Å². The van der Waals surface area contributed by atoms with Crippen LogP contribution in [-0.4, -0.2) is 61.3 Å². The summed E-state index contributed by atoms with van der Waals surface area (Å²) >= 11 is 5.38. The fourth-order valence-electron chi connectivity index (χ4n) is 3.87. The van der Waals surface area contributed by atoms with Crippen LogP contribution in [0.5, 0.6) is 0 Å². The first-order valence-corrected chi connectivity index (χ1v) is 12.8. The quantitative estimate of drug-likeness (QED) is 0.427. The van der Waals surface area contributed by atoms with E-state index in [2.05, 4.69) is 15.0 Å². The van der Waals surface area contributed by atoms with Crippen LogP contribution in [0.25, 0.3) is 11.2 Å². The lowest BCUT2D eigenvalue weighted by Crippen LogP contribution is -2.34. The Morgan fingerprint density at radius 2 is 2.06 bits per heavy atom. The minimum absolute atomic E-state index is 0.0158. The monoisotopic (exact) mass is 515 g/mol. The molecule has 2 unspecified atom stereocenters. The molecule has 0 aliphatic carbocycles. The van der Waals surface area contributed by atoms with Crippen molar-refractivity contribution in [3.8, 4) is 0 Å². The molecule has 4 N–H and O–H groups in total. The van der Waals surface area contributed by atoms with Crippen LogP contribution in [0.1, 0.15) is 24.3 Å². The molecule has 2 aromatic heterocycles. The number of aliphatic hydroxyl groups is 2. The smallest absolute Gasteiger partial charge is 0.327 e. The lowest BCUT2D eigenvalue weighted by atomic mass is 10.1. The van der Waals surface area contributed by atoms with Gasteiger partial charge in [0.05, 0.1) is 25.6 Å². The molecule has 6 atom stereocenters. The van der Waals surface area contributed by atoms with E-state index in [-0.39, 0.29) is 31.0 Å². The van der Waals surface area contributed by atoms with Crippen molar-refractivity contribution < 1.29 is 37.3 Å². The minimum Gasteiger partial charge on any atom is -0.387 e. The average molecular weight is 515 g/mol. The van der Waals surface area contributed by atoms with Crippen LogP contribution < -0.4 is 5.73 Å². The maximum Gasteiger partial charge on any atom is 0.327 e. The van der Waals surface area contributed by atoms with E-state index >= 15 is 0 Å². The standard InChI is InChI=1S/C19H20F2N5O6PS/c20-9-1-2-11(21)10(5-9)12-3-4-29-33(34,32-12)30-6-13-15(27)16(28)19(31-13)26-8-25-14-17(22)23-7-24-18(14)26/h1-2,5,7-8,12-13,15-16,19,27-28H,3-4,6H2,(H2,22,23,24)/t12?,13-,15-,16-,19-,33?/m1/s1. The van der Waals surface area contributed by atoms with Crippen LogP contribution in [0.2, 0.25) is 0 Å². The first-order chi connectivity index (χ1) is 16.3. The number of halogens is 2. The highest BCUT2D eigenvalue weighted by molar-refractivity contribution is 8.07. The van der Waals surface area contributed by atoms with Crippen LogP contribution in [0.15, 0.2) is 30.9 Å². The van der Waals surface area contributed by atoms with Crippen molar-refractivity contribution in [2.45, 2.75) is 37.1 Å². The van der Waals surface area contributed by atoms with E-state index in [0.717, 1.165) is 18.2 Å². The predicted octanol–water partition coefficient (Wildman–Crippen LogP) is 1.73. The lowest BCUT2D eigenvalue weighted by Gasteiger charge is -2.32. The fraction of sp³-hybridized carbons (Fsp3) is 0.421. The molecule has 0 spiro atoms. The van der Waals surface area contributed by atoms with Gasteiger partial charge in [0.15, 0.2) is 17.7 Å². The average Bonchev–Trinajstić information content (AvgIpc) is 3.36. The lowest BCUT2D eigenvalue weighted by molar-refractivity contribution is -0.0533. The van der Waals surface area contributed by atoms with Gasteiger partial charge in [0.25, 0.3) is 0 Å². The van der Waals surface area contributed by atoms with Gasteiger partial charge in [0.2, 0.25) is 0 Å². The van der Waals surface area contributed by atoms with Crippen molar-refractivity contribution >= 4 is 35.5 Å². The van der Waals surface area contributed by atoms with Crippen LogP contribution >= 0.6 is 6.72 Å². The Bertz CT molecular complexity index is 1270. The van der Waals surface area contributed by atoms with E-state index in [1.165, 1.54) is 17.2 Å². The number of rotatable bonds is 5. The van der Waals surface area contributed by atoms with Crippen molar-refractivity contribution in [2.75, 3.05) is 18.9 Å². The summed E-state index contributed by atoms with van der Waals surface area (Å²) in [5.41, 5.74) is 6.45. The fourth-order valence-corrected chi connectivity index (χ4v) is 5.97. The second kappa shape index (κ2) is 9.13. The highest BCUT2D eigenvalue weighted by atomic mass is 32.5. The maximum absolute atomic E-state index is 14.2. The van der Waals surface area contributed by atoms with E-state index in [9.17, 15) is 19.0 Å². The second-order valence-corrected chi connectivity index (χ2v) is 10.7. The molecule has 2 fully saturated rings. The number of aliphatic hydroxyl groups excluding tert-OH is 2. The third-order valence-corrected chi connectivity index (χ3v) is 7.95. The molecule has 34 heavy (non-hydrogen) atoms. The number of anilines is 1. The van der Waals surface area contributed by atoms with Gasteiger partial charge in [-0.15, -0.1) is 0 Å². The Morgan fingerprint density at radius 1 is 1.24 bits per heavy atom. The zero-order valence-electron chi connectivity index (χ0n) is 17.4. The van der Waals surface area contributed by atoms with E-state index < -0.39 is 49.0 Å². The maximum atomic E-state index is 14.2. The summed E-state index contributed by atoms with van der Waals surface area (Å²) < 4.78 is 51.9. The van der Waals surface area contributed by atoms with Gasteiger partial charge in [-0.05, 0) is 30.0 Å². The predicted molar refractivity (Wildman–Crippen MR) is 117 cm³/mol. The van der Waals surface area contributed by atoms with E-state index in [4.69, 9.17) is 35.8 Å². The number of nitrogen functional groups attached to an aromatic ring is 1. The highest BCUT2D eigenvalue weighted by Crippen LogP contribution is 2.57. The second-order valence-electron chi connectivity index (χ2n) is 7.75. The number of fused-ring (bicyclic) bond motifs is 1. The van der Waals surface area contributed by atoms with Gasteiger partial charge in [-0.3, -0.25) is 4.57 Å². The molecule has 1 aromatic carbocycles. The van der Waals surface area contributed by atoms with E-state index in [0.29, 0.717) is 11.2 Å². The molecule has 2 aliphatic rings. The number of benzene rings is 1. The topological polar surface area (TPSA) is 147 Å².